The van der Waals surface area contributed by atoms with Crippen LogP contribution in [0.4, 0.5) is 0 Å². The van der Waals surface area contributed by atoms with E-state index in [4.69, 9.17) is 4.42 Å². The molecule has 0 unspecified atom stereocenters. The van der Waals surface area contributed by atoms with Gasteiger partial charge in [0.05, 0.1) is 12.2 Å². The lowest BCUT2D eigenvalue weighted by molar-refractivity contribution is 0.0720. The number of rotatable bonds is 1. The molecule has 1 aliphatic heterocycles. The summed E-state index contributed by atoms with van der Waals surface area (Å²) in [7, 11) is 0. The van der Waals surface area contributed by atoms with Crippen molar-refractivity contribution in [2.75, 3.05) is 0 Å². The normalized spacial score (nSPS) is 13.7. The summed E-state index contributed by atoms with van der Waals surface area (Å²) in [5.74, 6) is 0.304. The first-order valence-electron chi connectivity index (χ1n) is 6.52. The zero-order chi connectivity index (χ0) is 13.5. The lowest BCUT2D eigenvalue weighted by Gasteiger charge is -2.12. The molecule has 0 spiro atoms. The van der Waals surface area contributed by atoms with E-state index in [9.17, 15) is 4.79 Å². The van der Waals surface area contributed by atoms with E-state index >= 15 is 0 Å². The van der Waals surface area contributed by atoms with Gasteiger partial charge in [-0.3, -0.25) is 9.78 Å². The number of aromatic nitrogens is 1. The summed E-state index contributed by atoms with van der Waals surface area (Å²) < 4.78 is 5.63. The highest BCUT2D eigenvalue weighted by Crippen LogP contribution is 2.25. The lowest BCUT2D eigenvalue weighted by Crippen LogP contribution is -2.24. The van der Waals surface area contributed by atoms with Crippen LogP contribution in [0.1, 0.15) is 21.8 Å². The number of carbonyl (C=O) groups is 1. The SMILES string of the molecule is O=C(c1cc2ccccc2o1)N1Cc2cccnc2C1. The van der Waals surface area contributed by atoms with Gasteiger partial charge in [-0.2, -0.15) is 0 Å². The van der Waals surface area contributed by atoms with Crippen LogP contribution in [0.2, 0.25) is 0 Å². The molecule has 0 radical (unpaired) electrons. The number of hydrogen-bond donors (Lipinski definition) is 0. The van der Waals surface area contributed by atoms with Gasteiger partial charge in [-0.25, -0.2) is 0 Å². The van der Waals surface area contributed by atoms with Crippen LogP contribution in [0.15, 0.2) is 53.1 Å². The maximum absolute atomic E-state index is 12.5. The van der Waals surface area contributed by atoms with Crippen molar-refractivity contribution in [3.05, 3.63) is 65.7 Å². The summed E-state index contributed by atoms with van der Waals surface area (Å²) >= 11 is 0. The predicted molar refractivity (Wildman–Crippen MR) is 74.0 cm³/mol. The van der Waals surface area contributed by atoms with Crippen LogP contribution in [0, 0.1) is 0 Å². The zero-order valence-electron chi connectivity index (χ0n) is 10.7. The van der Waals surface area contributed by atoms with E-state index in [0.29, 0.717) is 18.8 Å². The van der Waals surface area contributed by atoms with E-state index in [2.05, 4.69) is 4.98 Å². The Morgan fingerprint density at radius 1 is 1.15 bits per heavy atom. The second-order valence-corrected chi connectivity index (χ2v) is 4.92. The van der Waals surface area contributed by atoms with Crippen molar-refractivity contribution in [2.45, 2.75) is 13.1 Å². The van der Waals surface area contributed by atoms with E-state index in [1.54, 1.807) is 17.2 Å². The number of amides is 1. The minimum absolute atomic E-state index is 0.0841. The van der Waals surface area contributed by atoms with Crippen molar-refractivity contribution in [1.29, 1.82) is 0 Å². The lowest BCUT2D eigenvalue weighted by atomic mass is 10.2. The highest BCUT2D eigenvalue weighted by Gasteiger charge is 2.26. The van der Waals surface area contributed by atoms with E-state index in [-0.39, 0.29) is 5.91 Å². The molecule has 3 heterocycles. The molecular formula is C16H12N2O2. The fourth-order valence-electron chi connectivity index (χ4n) is 2.59. The van der Waals surface area contributed by atoms with Crippen LogP contribution in [-0.2, 0) is 13.1 Å². The van der Waals surface area contributed by atoms with Crippen molar-refractivity contribution in [2.24, 2.45) is 0 Å². The first-order valence-corrected chi connectivity index (χ1v) is 6.52. The summed E-state index contributed by atoms with van der Waals surface area (Å²) in [6, 6.07) is 13.3. The van der Waals surface area contributed by atoms with Gasteiger partial charge in [0.15, 0.2) is 5.76 Å². The van der Waals surface area contributed by atoms with Gasteiger partial charge in [-0.1, -0.05) is 24.3 Å². The topological polar surface area (TPSA) is 46.3 Å². The van der Waals surface area contributed by atoms with Gasteiger partial charge < -0.3 is 9.32 Å². The molecular weight excluding hydrogens is 252 g/mol. The molecule has 0 saturated carbocycles. The number of benzene rings is 1. The third-order valence-electron chi connectivity index (χ3n) is 3.61. The molecule has 1 amide bonds. The van der Waals surface area contributed by atoms with Gasteiger partial charge in [0, 0.05) is 18.1 Å². The summed E-state index contributed by atoms with van der Waals surface area (Å²) in [5.41, 5.74) is 2.82. The minimum Gasteiger partial charge on any atom is -0.451 e. The average Bonchev–Trinajstić information content (AvgIpc) is 3.10. The molecule has 4 nitrogen and oxygen atoms in total. The third kappa shape index (κ3) is 1.69. The Morgan fingerprint density at radius 2 is 2.05 bits per heavy atom. The molecule has 4 heteroatoms. The highest BCUT2D eigenvalue weighted by molar-refractivity contribution is 5.96. The smallest absolute Gasteiger partial charge is 0.290 e. The molecule has 98 valence electrons. The van der Waals surface area contributed by atoms with Crippen molar-refractivity contribution < 1.29 is 9.21 Å². The molecule has 0 fully saturated rings. The van der Waals surface area contributed by atoms with Crippen molar-refractivity contribution in [1.82, 2.24) is 9.88 Å². The Kier molecular flexibility index (Phi) is 2.36. The first-order chi connectivity index (χ1) is 9.81. The maximum atomic E-state index is 12.5. The molecule has 3 aromatic rings. The van der Waals surface area contributed by atoms with Crippen molar-refractivity contribution >= 4 is 16.9 Å². The Labute approximate surface area is 115 Å². The number of para-hydroxylation sites is 1. The van der Waals surface area contributed by atoms with Gasteiger partial charge in [0.2, 0.25) is 0 Å². The first kappa shape index (κ1) is 11.2. The monoisotopic (exact) mass is 264 g/mol. The molecule has 20 heavy (non-hydrogen) atoms. The van der Waals surface area contributed by atoms with Crippen LogP contribution >= 0.6 is 0 Å². The fourth-order valence-corrected chi connectivity index (χ4v) is 2.59. The minimum atomic E-state index is -0.0841. The molecule has 2 aromatic heterocycles. The molecule has 0 saturated heterocycles. The number of furan rings is 1. The largest absolute Gasteiger partial charge is 0.451 e. The Balaban J connectivity index is 1.65. The maximum Gasteiger partial charge on any atom is 0.290 e. The van der Waals surface area contributed by atoms with E-state index in [1.165, 1.54) is 0 Å². The molecule has 0 aliphatic carbocycles. The van der Waals surface area contributed by atoms with Gasteiger partial charge in [0.1, 0.15) is 5.58 Å². The average molecular weight is 264 g/mol. The molecule has 1 aliphatic rings. The number of fused-ring (bicyclic) bond motifs is 2. The van der Waals surface area contributed by atoms with Crippen LogP contribution in [0.25, 0.3) is 11.0 Å². The third-order valence-corrected chi connectivity index (χ3v) is 3.61. The van der Waals surface area contributed by atoms with Gasteiger partial charge in [-0.05, 0) is 23.8 Å². The second-order valence-electron chi connectivity index (χ2n) is 4.92. The predicted octanol–water partition coefficient (Wildman–Crippen LogP) is 2.98. The zero-order valence-corrected chi connectivity index (χ0v) is 10.7. The number of hydrogen-bond acceptors (Lipinski definition) is 3. The molecule has 0 N–H and O–H groups in total. The van der Waals surface area contributed by atoms with Gasteiger partial charge >= 0.3 is 0 Å². The summed E-state index contributed by atoms with van der Waals surface area (Å²) in [5, 5.41) is 0.950. The van der Waals surface area contributed by atoms with E-state index in [0.717, 1.165) is 22.2 Å². The number of carbonyl (C=O) groups excluding carboxylic acids is 1. The Morgan fingerprint density at radius 3 is 2.90 bits per heavy atom. The molecule has 0 bridgehead atoms. The summed E-state index contributed by atoms with van der Waals surface area (Å²) in [6.45, 7) is 1.14. The van der Waals surface area contributed by atoms with E-state index < -0.39 is 0 Å². The Bertz CT molecular complexity index is 749. The fraction of sp³-hybridized carbons (Fsp3) is 0.125. The van der Waals surface area contributed by atoms with Crippen molar-refractivity contribution in [3.63, 3.8) is 0 Å². The van der Waals surface area contributed by atoms with Gasteiger partial charge in [-0.15, -0.1) is 0 Å². The van der Waals surface area contributed by atoms with Crippen LogP contribution < -0.4 is 0 Å². The molecule has 0 atom stereocenters. The van der Waals surface area contributed by atoms with Crippen LogP contribution in [-0.4, -0.2) is 15.8 Å². The van der Waals surface area contributed by atoms with Gasteiger partial charge in [0.25, 0.3) is 5.91 Å². The Hall–Kier alpha value is -2.62. The standard InChI is InChI=1S/C16H12N2O2/c19-16(15-8-11-4-1-2-6-14(11)20-15)18-9-12-5-3-7-17-13(12)10-18/h1-8H,9-10H2. The summed E-state index contributed by atoms with van der Waals surface area (Å²) in [6.07, 6.45) is 1.76. The summed E-state index contributed by atoms with van der Waals surface area (Å²) in [4.78, 5) is 18.6. The van der Waals surface area contributed by atoms with Crippen molar-refractivity contribution in [3.8, 4) is 0 Å². The number of pyridine rings is 1. The van der Waals surface area contributed by atoms with Crippen LogP contribution in [0.3, 0.4) is 0 Å². The molecule has 4 rings (SSSR count). The second kappa shape index (κ2) is 4.20. The van der Waals surface area contributed by atoms with Crippen LogP contribution in [0.5, 0.6) is 0 Å². The molecule has 1 aromatic carbocycles. The quantitative estimate of drug-likeness (QED) is 0.678. The highest BCUT2D eigenvalue weighted by atomic mass is 16.3. The number of nitrogens with zero attached hydrogens (tertiary/aromatic N) is 2. The van der Waals surface area contributed by atoms with E-state index in [1.807, 2.05) is 36.4 Å².